The number of morpholine rings is 1. The third-order valence-corrected chi connectivity index (χ3v) is 5.80. The normalized spacial score (nSPS) is 23.9. The number of aromatic nitrogens is 4. The van der Waals surface area contributed by atoms with Crippen LogP contribution in [0.4, 0.5) is 0 Å². The van der Waals surface area contributed by atoms with Gasteiger partial charge in [0.15, 0.2) is 0 Å². The second kappa shape index (κ2) is 8.45. The number of amides is 1. The average Bonchev–Trinajstić information content (AvgIpc) is 3.37. The van der Waals surface area contributed by atoms with E-state index in [1.807, 2.05) is 31.3 Å². The average molecular weight is 387 g/mol. The number of aryl methyl sites for hydroxylation is 2. The molecule has 0 aliphatic carbocycles. The highest BCUT2D eigenvalue weighted by atomic mass is 16.5. The summed E-state index contributed by atoms with van der Waals surface area (Å²) in [5, 5.41) is 8.63. The molecule has 0 unspecified atom stereocenters. The third-order valence-electron chi connectivity index (χ3n) is 5.80. The molecule has 0 spiro atoms. The molecule has 0 radical (unpaired) electrons. The molecule has 8 nitrogen and oxygen atoms in total. The molecule has 2 saturated heterocycles. The molecule has 2 aromatic heterocycles. The molecule has 2 aromatic rings. The van der Waals surface area contributed by atoms with Gasteiger partial charge in [0.05, 0.1) is 24.9 Å². The van der Waals surface area contributed by atoms with Crippen LogP contribution < -0.4 is 0 Å². The molecular weight excluding hydrogens is 356 g/mol. The van der Waals surface area contributed by atoms with Crippen LogP contribution in [0.5, 0.6) is 0 Å². The molecule has 2 aliphatic heterocycles. The highest BCUT2D eigenvalue weighted by Crippen LogP contribution is 2.32. The summed E-state index contributed by atoms with van der Waals surface area (Å²) in [6.45, 7) is 6.86. The number of ether oxygens (including phenoxy) is 1. The van der Waals surface area contributed by atoms with E-state index in [2.05, 4.69) is 15.1 Å². The summed E-state index contributed by atoms with van der Waals surface area (Å²) < 4.78 is 9.77. The van der Waals surface area contributed by atoms with Gasteiger partial charge in [-0.05, 0) is 38.9 Å². The lowest BCUT2D eigenvalue weighted by Crippen LogP contribution is -2.52. The largest absolute Gasteiger partial charge is 0.373 e. The smallest absolute Gasteiger partial charge is 0.272 e. The molecule has 1 amide bonds. The first-order valence-electron chi connectivity index (χ1n) is 10.3. The number of hydrogen-bond donors (Lipinski definition) is 0. The highest BCUT2D eigenvalue weighted by molar-refractivity contribution is 5.93. The van der Waals surface area contributed by atoms with Crippen molar-refractivity contribution in [3.63, 3.8) is 0 Å². The van der Waals surface area contributed by atoms with Gasteiger partial charge in [-0.15, -0.1) is 0 Å². The van der Waals surface area contributed by atoms with Crippen molar-refractivity contribution in [3.05, 3.63) is 35.9 Å². The van der Waals surface area contributed by atoms with Crippen molar-refractivity contribution in [2.24, 2.45) is 7.05 Å². The predicted octanol–water partition coefficient (Wildman–Crippen LogP) is 1.70. The Hall–Kier alpha value is -2.19. The van der Waals surface area contributed by atoms with Gasteiger partial charge in [-0.1, -0.05) is 6.42 Å². The zero-order valence-electron chi connectivity index (χ0n) is 16.8. The van der Waals surface area contributed by atoms with Gasteiger partial charge in [0, 0.05) is 44.6 Å². The Morgan fingerprint density at radius 3 is 2.75 bits per heavy atom. The fourth-order valence-electron chi connectivity index (χ4n) is 4.41. The van der Waals surface area contributed by atoms with Gasteiger partial charge >= 0.3 is 0 Å². The molecule has 0 N–H and O–H groups in total. The van der Waals surface area contributed by atoms with E-state index in [9.17, 15) is 4.79 Å². The zero-order chi connectivity index (χ0) is 19.5. The van der Waals surface area contributed by atoms with E-state index in [-0.39, 0.29) is 18.1 Å². The number of carbonyl (C=O) groups is 1. The second-order valence-corrected chi connectivity index (χ2v) is 7.69. The van der Waals surface area contributed by atoms with Gasteiger partial charge in [0.25, 0.3) is 5.91 Å². The van der Waals surface area contributed by atoms with Crippen LogP contribution in [0, 0.1) is 0 Å². The molecule has 2 atom stereocenters. The summed E-state index contributed by atoms with van der Waals surface area (Å²) in [4.78, 5) is 17.9. The molecule has 152 valence electrons. The van der Waals surface area contributed by atoms with E-state index in [1.54, 1.807) is 21.6 Å². The molecule has 0 aromatic carbocycles. The summed E-state index contributed by atoms with van der Waals surface area (Å²) in [5.41, 5.74) is 1.66. The van der Waals surface area contributed by atoms with Gasteiger partial charge in [0.1, 0.15) is 5.69 Å². The van der Waals surface area contributed by atoms with E-state index in [1.165, 1.54) is 19.3 Å². The summed E-state index contributed by atoms with van der Waals surface area (Å²) in [6, 6.07) is 1.67. The quantitative estimate of drug-likeness (QED) is 0.782. The third kappa shape index (κ3) is 3.84. The maximum absolute atomic E-state index is 13.4. The van der Waals surface area contributed by atoms with E-state index in [0.717, 1.165) is 25.2 Å². The fourth-order valence-corrected chi connectivity index (χ4v) is 4.41. The molecule has 2 fully saturated rings. The monoisotopic (exact) mass is 386 g/mol. The number of likely N-dealkylation sites (tertiary alicyclic amines) is 1. The summed E-state index contributed by atoms with van der Waals surface area (Å²) >= 11 is 0. The SMILES string of the molecule is CCn1nccc1C(=O)N1CCO[C@@H](CN2CCCCC2)[C@@H]1c1cnn(C)c1. The van der Waals surface area contributed by atoms with E-state index in [4.69, 9.17) is 4.74 Å². The van der Waals surface area contributed by atoms with E-state index >= 15 is 0 Å². The minimum atomic E-state index is -0.142. The van der Waals surface area contributed by atoms with Crippen molar-refractivity contribution >= 4 is 5.91 Å². The van der Waals surface area contributed by atoms with Crippen LogP contribution in [0.2, 0.25) is 0 Å². The lowest BCUT2D eigenvalue weighted by atomic mass is 9.99. The van der Waals surface area contributed by atoms with Crippen LogP contribution in [0.25, 0.3) is 0 Å². The van der Waals surface area contributed by atoms with E-state index in [0.29, 0.717) is 25.4 Å². The molecule has 4 rings (SSSR count). The number of piperidine rings is 1. The Balaban J connectivity index is 1.62. The summed E-state index contributed by atoms with van der Waals surface area (Å²) in [7, 11) is 1.91. The highest BCUT2D eigenvalue weighted by Gasteiger charge is 2.39. The molecule has 2 aliphatic rings. The summed E-state index contributed by atoms with van der Waals surface area (Å²) in [6.07, 6.45) is 9.28. The fraction of sp³-hybridized carbons (Fsp3) is 0.650. The van der Waals surface area contributed by atoms with Gasteiger partial charge in [-0.2, -0.15) is 10.2 Å². The molecule has 28 heavy (non-hydrogen) atoms. The van der Waals surface area contributed by atoms with Crippen LogP contribution >= 0.6 is 0 Å². The van der Waals surface area contributed by atoms with Gasteiger partial charge in [-0.3, -0.25) is 14.2 Å². The molecule has 0 bridgehead atoms. The van der Waals surface area contributed by atoms with Crippen molar-refractivity contribution in [1.29, 1.82) is 0 Å². The molecule has 0 saturated carbocycles. The predicted molar refractivity (Wildman–Crippen MR) is 105 cm³/mol. The lowest BCUT2D eigenvalue weighted by Gasteiger charge is -2.43. The van der Waals surface area contributed by atoms with Gasteiger partial charge in [-0.25, -0.2) is 0 Å². The summed E-state index contributed by atoms with van der Waals surface area (Å²) in [5.74, 6) is 0.0140. The van der Waals surface area contributed by atoms with Crippen LogP contribution in [0.3, 0.4) is 0 Å². The van der Waals surface area contributed by atoms with Crippen LogP contribution in [0.1, 0.15) is 48.3 Å². The van der Waals surface area contributed by atoms with Crippen molar-refractivity contribution in [2.45, 2.75) is 44.9 Å². The number of hydrogen-bond acceptors (Lipinski definition) is 5. The molecule has 4 heterocycles. The minimum absolute atomic E-state index is 0.0140. The van der Waals surface area contributed by atoms with Crippen molar-refractivity contribution < 1.29 is 9.53 Å². The Morgan fingerprint density at radius 2 is 2.04 bits per heavy atom. The minimum Gasteiger partial charge on any atom is -0.373 e. The Kier molecular flexibility index (Phi) is 5.77. The van der Waals surface area contributed by atoms with Crippen LogP contribution in [-0.4, -0.2) is 74.2 Å². The van der Waals surface area contributed by atoms with Gasteiger partial charge in [0.2, 0.25) is 0 Å². The van der Waals surface area contributed by atoms with Crippen LogP contribution in [0.15, 0.2) is 24.7 Å². The molecule has 8 heteroatoms. The second-order valence-electron chi connectivity index (χ2n) is 7.69. The first-order valence-corrected chi connectivity index (χ1v) is 10.3. The lowest BCUT2D eigenvalue weighted by molar-refractivity contribution is -0.0744. The van der Waals surface area contributed by atoms with Crippen molar-refractivity contribution in [1.82, 2.24) is 29.4 Å². The molecular formula is C20H30N6O2. The van der Waals surface area contributed by atoms with Crippen LogP contribution in [-0.2, 0) is 18.3 Å². The van der Waals surface area contributed by atoms with Gasteiger partial charge < -0.3 is 14.5 Å². The first-order chi connectivity index (χ1) is 13.7. The topological polar surface area (TPSA) is 68.4 Å². The van der Waals surface area contributed by atoms with Crippen molar-refractivity contribution in [2.75, 3.05) is 32.8 Å². The number of carbonyl (C=O) groups excluding carboxylic acids is 1. The Labute approximate surface area is 166 Å². The number of rotatable bonds is 5. The maximum Gasteiger partial charge on any atom is 0.272 e. The van der Waals surface area contributed by atoms with Crippen molar-refractivity contribution in [3.8, 4) is 0 Å². The zero-order valence-corrected chi connectivity index (χ0v) is 16.8. The Morgan fingerprint density at radius 1 is 1.21 bits per heavy atom. The maximum atomic E-state index is 13.4. The first kappa shape index (κ1) is 19.1. The van der Waals surface area contributed by atoms with E-state index < -0.39 is 0 Å². The Bertz CT molecular complexity index is 794. The standard InChI is InChI=1S/C20H30N6O2/c1-3-26-17(7-8-21-26)20(27)25-11-12-28-18(15-24-9-5-4-6-10-24)19(25)16-13-22-23(2)14-16/h7-8,13-14,18-19H,3-6,9-12,15H2,1-2H3/t18-,19-/m0/s1. The number of nitrogens with zero attached hydrogens (tertiary/aromatic N) is 6.